The number of nitrogens with zero attached hydrogens (tertiary/aromatic N) is 4. The fraction of sp³-hybridized carbons (Fsp3) is 0.350. The second-order valence-electron chi connectivity index (χ2n) is 6.79. The summed E-state index contributed by atoms with van der Waals surface area (Å²) in [5.74, 6) is 1.42. The number of ether oxygens (including phenoxy) is 1. The largest absolute Gasteiger partial charge is 0.381 e. The number of imidazole rings is 1. The Balaban J connectivity index is 1.66. The molecular formula is C20H22FN5O. The Bertz CT molecular complexity index is 920. The Kier molecular flexibility index (Phi) is 5.11. The van der Waals surface area contributed by atoms with E-state index in [-0.39, 0.29) is 5.82 Å². The third-order valence-electron chi connectivity index (χ3n) is 4.76. The quantitative estimate of drug-likeness (QED) is 0.747. The van der Waals surface area contributed by atoms with Gasteiger partial charge in [-0.05, 0) is 36.5 Å². The van der Waals surface area contributed by atoms with Crippen LogP contribution in [0.5, 0.6) is 0 Å². The number of nitrogens with one attached hydrogen (secondary N) is 1. The molecule has 2 aromatic heterocycles. The Morgan fingerprint density at radius 1 is 1.33 bits per heavy atom. The lowest BCUT2D eigenvalue weighted by molar-refractivity contribution is 0.0594. The molecule has 3 aromatic rings. The van der Waals surface area contributed by atoms with Crippen LogP contribution in [0.15, 0.2) is 42.9 Å². The number of hydrogen-bond acceptors (Lipinski definition) is 5. The van der Waals surface area contributed by atoms with E-state index in [4.69, 9.17) is 9.72 Å². The second kappa shape index (κ2) is 7.84. The van der Waals surface area contributed by atoms with Crippen LogP contribution >= 0.6 is 0 Å². The molecule has 0 spiro atoms. The number of aromatic nitrogens is 4. The van der Waals surface area contributed by atoms with E-state index in [2.05, 4.69) is 15.3 Å². The molecule has 1 aliphatic rings. The summed E-state index contributed by atoms with van der Waals surface area (Å²) in [6.07, 6.45) is 7.54. The summed E-state index contributed by atoms with van der Waals surface area (Å²) < 4.78 is 21.1. The SMILES string of the molecule is Cn1ccnc1-c1nc(NCC2CCCOC2)ncc1-c1cccc(F)c1. The van der Waals surface area contributed by atoms with Gasteiger partial charge in [0.1, 0.15) is 11.5 Å². The predicted molar refractivity (Wildman–Crippen MR) is 102 cm³/mol. The average molecular weight is 367 g/mol. The zero-order chi connectivity index (χ0) is 18.6. The molecule has 140 valence electrons. The maximum Gasteiger partial charge on any atom is 0.223 e. The molecule has 0 amide bonds. The van der Waals surface area contributed by atoms with E-state index < -0.39 is 0 Å². The van der Waals surface area contributed by atoms with Gasteiger partial charge in [-0.1, -0.05) is 12.1 Å². The van der Waals surface area contributed by atoms with Gasteiger partial charge in [0.25, 0.3) is 0 Å². The maximum absolute atomic E-state index is 13.7. The average Bonchev–Trinajstić information content (AvgIpc) is 3.13. The van der Waals surface area contributed by atoms with E-state index in [1.54, 1.807) is 18.5 Å². The van der Waals surface area contributed by atoms with Crippen molar-refractivity contribution in [1.29, 1.82) is 0 Å². The zero-order valence-electron chi connectivity index (χ0n) is 15.2. The van der Waals surface area contributed by atoms with E-state index in [9.17, 15) is 4.39 Å². The lowest BCUT2D eigenvalue weighted by atomic mass is 10.0. The summed E-state index contributed by atoms with van der Waals surface area (Å²) in [5.41, 5.74) is 2.14. The fourth-order valence-corrected chi connectivity index (χ4v) is 3.30. The minimum atomic E-state index is -0.294. The van der Waals surface area contributed by atoms with Crippen LogP contribution in [-0.2, 0) is 11.8 Å². The summed E-state index contributed by atoms with van der Waals surface area (Å²) in [4.78, 5) is 13.6. The number of anilines is 1. The third-order valence-corrected chi connectivity index (χ3v) is 4.76. The van der Waals surface area contributed by atoms with Crippen molar-refractivity contribution in [1.82, 2.24) is 19.5 Å². The van der Waals surface area contributed by atoms with Gasteiger partial charge in [-0.15, -0.1) is 0 Å². The molecule has 4 rings (SSSR count). The number of aryl methyl sites for hydroxylation is 1. The highest BCUT2D eigenvalue weighted by Crippen LogP contribution is 2.30. The summed E-state index contributed by atoms with van der Waals surface area (Å²) in [5, 5.41) is 3.31. The van der Waals surface area contributed by atoms with Gasteiger partial charge >= 0.3 is 0 Å². The van der Waals surface area contributed by atoms with E-state index in [0.29, 0.717) is 23.4 Å². The molecule has 3 heterocycles. The molecule has 27 heavy (non-hydrogen) atoms. The van der Waals surface area contributed by atoms with Crippen LogP contribution in [0.3, 0.4) is 0 Å². The van der Waals surface area contributed by atoms with E-state index in [0.717, 1.165) is 43.7 Å². The molecule has 1 N–H and O–H groups in total. The molecule has 1 saturated heterocycles. The van der Waals surface area contributed by atoms with Crippen LogP contribution in [0.2, 0.25) is 0 Å². The monoisotopic (exact) mass is 367 g/mol. The third kappa shape index (κ3) is 3.98. The number of hydrogen-bond donors (Lipinski definition) is 1. The van der Waals surface area contributed by atoms with E-state index in [1.165, 1.54) is 12.1 Å². The standard InChI is InChI=1S/C20H22FN5O/c1-26-8-7-22-19(26)18-17(15-5-2-6-16(21)10-15)12-24-20(25-18)23-11-14-4-3-9-27-13-14/h2,5-8,10,12,14H,3-4,9,11,13H2,1H3,(H,23,24,25). The van der Waals surface area contributed by atoms with Crippen molar-refractivity contribution in [3.8, 4) is 22.6 Å². The fourth-order valence-electron chi connectivity index (χ4n) is 3.30. The van der Waals surface area contributed by atoms with Crippen molar-refractivity contribution in [3.05, 3.63) is 48.7 Å². The molecular weight excluding hydrogens is 345 g/mol. The molecule has 1 aliphatic heterocycles. The first-order chi connectivity index (χ1) is 13.2. The van der Waals surface area contributed by atoms with Crippen molar-refractivity contribution in [2.45, 2.75) is 12.8 Å². The molecule has 1 aromatic carbocycles. The van der Waals surface area contributed by atoms with Gasteiger partial charge in [0.2, 0.25) is 5.95 Å². The summed E-state index contributed by atoms with van der Waals surface area (Å²) >= 11 is 0. The topological polar surface area (TPSA) is 64.9 Å². The minimum Gasteiger partial charge on any atom is -0.381 e. The Morgan fingerprint density at radius 2 is 2.26 bits per heavy atom. The van der Waals surface area contributed by atoms with Gasteiger partial charge in [-0.25, -0.2) is 19.3 Å². The van der Waals surface area contributed by atoms with Crippen LogP contribution in [0.25, 0.3) is 22.6 Å². The first kappa shape index (κ1) is 17.6. The highest BCUT2D eigenvalue weighted by atomic mass is 19.1. The van der Waals surface area contributed by atoms with Crippen molar-refractivity contribution in [2.24, 2.45) is 13.0 Å². The first-order valence-electron chi connectivity index (χ1n) is 9.13. The number of rotatable bonds is 5. The molecule has 1 fully saturated rings. The van der Waals surface area contributed by atoms with Crippen molar-refractivity contribution in [2.75, 3.05) is 25.1 Å². The molecule has 0 saturated carbocycles. The molecule has 0 bridgehead atoms. The summed E-state index contributed by atoms with van der Waals surface area (Å²) in [6.45, 7) is 2.37. The molecule has 1 unspecified atom stereocenters. The van der Waals surface area contributed by atoms with E-state index in [1.807, 2.05) is 23.9 Å². The maximum atomic E-state index is 13.7. The van der Waals surface area contributed by atoms with Gasteiger partial charge < -0.3 is 14.6 Å². The van der Waals surface area contributed by atoms with Crippen LogP contribution < -0.4 is 5.32 Å². The Hall–Kier alpha value is -2.80. The normalized spacial score (nSPS) is 17.0. The molecule has 1 atom stereocenters. The molecule has 0 aliphatic carbocycles. The van der Waals surface area contributed by atoms with Gasteiger partial charge in [0.15, 0.2) is 5.82 Å². The Labute approximate surface area is 157 Å². The van der Waals surface area contributed by atoms with Crippen molar-refractivity contribution < 1.29 is 9.13 Å². The van der Waals surface area contributed by atoms with Gasteiger partial charge in [-0.2, -0.15) is 0 Å². The Morgan fingerprint density at radius 3 is 3.00 bits per heavy atom. The summed E-state index contributed by atoms with van der Waals surface area (Å²) in [7, 11) is 1.91. The van der Waals surface area contributed by atoms with E-state index >= 15 is 0 Å². The summed E-state index contributed by atoms with van der Waals surface area (Å²) in [6, 6.07) is 6.44. The van der Waals surface area contributed by atoms with Gasteiger partial charge in [0, 0.05) is 44.4 Å². The lowest BCUT2D eigenvalue weighted by Gasteiger charge is -2.22. The highest BCUT2D eigenvalue weighted by molar-refractivity contribution is 5.78. The highest BCUT2D eigenvalue weighted by Gasteiger charge is 2.17. The molecule has 7 heteroatoms. The van der Waals surface area contributed by atoms with Gasteiger partial charge in [0.05, 0.1) is 6.61 Å². The van der Waals surface area contributed by atoms with Crippen LogP contribution in [-0.4, -0.2) is 39.3 Å². The second-order valence-corrected chi connectivity index (χ2v) is 6.79. The number of halogens is 1. The molecule has 6 nitrogen and oxygen atoms in total. The predicted octanol–water partition coefficient (Wildman–Crippen LogP) is 3.52. The van der Waals surface area contributed by atoms with Crippen LogP contribution in [0.1, 0.15) is 12.8 Å². The van der Waals surface area contributed by atoms with Crippen LogP contribution in [0.4, 0.5) is 10.3 Å². The van der Waals surface area contributed by atoms with Gasteiger partial charge in [-0.3, -0.25) is 0 Å². The molecule has 0 radical (unpaired) electrons. The van der Waals surface area contributed by atoms with Crippen molar-refractivity contribution in [3.63, 3.8) is 0 Å². The first-order valence-corrected chi connectivity index (χ1v) is 9.13. The van der Waals surface area contributed by atoms with Crippen LogP contribution in [0, 0.1) is 11.7 Å². The smallest absolute Gasteiger partial charge is 0.223 e. The van der Waals surface area contributed by atoms with Crippen molar-refractivity contribution >= 4 is 5.95 Å². The minimum absolute atomic E-state index is 0.294. The number of benzene rings is 1. The zero-order valence-corrected chi connectivity index (χ0v) is 15.2. The lowest BCUT2D eigenvalue weighted by Crippen LogP contribution is -2.25.